The van der Waals surface area contributed by atoms with Crippen molar-refractivity contribution in [2.24, 2.45) is 5.92 Å². The molecule has 0 spiro atoms. The Labute approximate surface area is 117 Å². The van der Waals surface area contributed by atoms with Gasteiger partial charge in [0.25, 0.3) is 0 Å². The number of hydrogen-bond acceptors (Lipinski definition) is 5. The minimum atomic E-state index is -0.648. The van der Waals surface area contributed by atoms with Gasteiger partial charge in [0.2, 0.25) is 0 Å². The highest BCUT2D eigenvalue weighted by molar-refractivity contribution is 7.85. The molecule has 0 bridgehead atoms. The molecule has 1 saturated heterocycles. The zero-order valence-corrected chi connectivity index (χ0v) is 12.4. The highest BCUT2D eigenvalue weighted by Crippen LogP contribution is 2.11. The third-order valence-corrected chi connectivity index (χ3v) is 4.33. The largest absolute Gasteiger partial charge is 0.354 e. The van der Waals surface area contributed by atoms with Crippen LogP contribution in [-0.2, 0) is 17.3 Å². The first kappa shape index (κ1) is 14.4. The zero-order valence-electron chi connectivity index (χ0n) is 11.6. The first-order valence-corrected chi connectivity index (χ1v) is 8.25. The van der Waals surface area contributed by atoms with Crippen molar-refractivity contribution in [3.05, 3.63) is 18.1 Å². The Balaban J connectivity index is 1.85. The molecule has 0 radical (unpaired) electrons. The number of hydrogen-bond donors (Lipinski definition) is 1. The standard InChI is InChI=1S/C13H22N4OS/c1-11(2)7-14-8-12-9-16-13(10-15-12)17-3-5-19(18)6-4-17/h9-11,14H,3-8H2,1-2H3. The molecule has 5 nitrogen and oxygen atoms in total. The van der Waals surface area contributed by atoms with Crippen molar-refractivity contribution >= 4 is 16.6 Å². The van der Waals surface area contributed by atoms with Crippen molar-refractivity contribution < 1.29 is 4.21 Å². The van der Waals surface area contributed by atoms with Crippen LogP contribution in [0.2, 0.25) is 0 Å². The summed E-state index contributed by atoms with van der Waals surface area (Å²) >= 11 is 0. The lowest BCUT2D eigenvalue weighted by Gasteiger charge is -2.26. The van der Waals surface area contributed by atoms with E-state index in [1.807, 2.05) is 12.4 Å². The van der Waals surface area contributed by atoms with E-state index in [0.29, 0.717) is 5.92 Å². The maximum absolute atomic E-state index is 11.3. The van der Waals surface area contributed by atoms with Gasteiger partial charge in [0, 0.05) is 41.9 Å². The Hall–Kier alpha value is -1.01. The van der Waals surface area contributed by atoms with E-state index in [-0.39, 0.29) is 0 Å². The lowest BCUT2D eigenvalue weighted by Crippen LogP contribution is -2.38. The molecule has 19 heavy (non-hydrogen) atoms. The molecule has 0 unspecified atom stereocenters. The van der Waals surface area contributed by atoms with Crippen molar-refractivity contribution in [1.82, 2.24) is 15.3 Å². The average molecular weight is 282 g/mol. The normalized spacial score (nSPS) is 17.1. The molecule has 1 aromatic heterocycles. The highest BCUT2D eigenvalue weighted by atomic mass is 32.2. The summed E-state index contributed by atoms with van der Waals surface area (Å²) in [7, 11) is -0.648. The average Bonchev–Trinajstić information content (AvgIpc) is 2.40. The molecular formula is C13H22N4OS. The third-order valence-electron chi connectivity index (χ3n) is 3.05. The van der Waals surface area contributed by atoms with Gasteiger partial charge >= 0.3 is 0 Å². The van der Waals surface area contributed by atoms with E-state index >= 15 is 0 Å². The lowest BCUT2D eigenvalue weighted by molar-refractivity contribution is 0.547. The molecule has 6 heteroatoms. The maximum atomic E-state index is 11.3. The number of aromatic nitrogens is 2. The molecule has 1 N–H and O–H groups in total. The van der Waals surface area contributed by atoms with E-state index in [1.54, 1.807) is 0 Å². The minimum Gasteiger partial charge on any atom is -0.354 e. The van der Waals surface area contributed by atoms with Gasteiger partial charge in [-0.25, -0.2) is 4.98 Å². The van der Waals surface area contributed by atoms with Gasteiger partial charge in [0.15, 0.2) is 0 Å². The number of nitrogens with one attached hydrogen (secondary N) is 1. The van der Waals surface area contributed by atoms with E-state index in [9.17, 15) is 4.21 Å². The predicted molar refractivity (Wildman–Crippen MR) is 78.7 cm³/mol. The Kier molecular flexibility index (Phi) is 5.27. The summed E-state index contributed by atoms with van der Waals surface area (Å²) in [5, 5.41) is 3.35. The van der Waals surface area contributed by atoms with Crippen molar-refractivity contribution in [2.45, 2.75) is 20.4 Å². The molecule has 0 aliphatic carbocycles. The van der Waals surface area contributed by atoms with Crippen molar-refractivity contribution in [3.63, 3.8) is 0 Å². The van der Waals surface area contributed by atoms with Crippen molar-refractivity contribution in [2.75, 3.05) is 36.0 Å². The van der Waals surface area contributed by atoms with Gasteiger partial charge in [0.1, 0.15) is 5.82 Å². The summed E-state index contributed by atoms with van der Waals surface area (Å²) < 4.78 is 11.3. The number of anilines is 1. The van der Waals surface area contributed by atoms with Gasteiger partial charge in [-0.15, -0.1) is 0 Å². The second-order valence-electron chi connectivity index (χ2n) is 5.23. The predicted octanol–water partition coefficient (Wildman–Crippen LogP) is 0.791. The monoisotopic (exact) mass is 282 g/mol. The molecule has 2 rings (SSSR count). The molecule has 1 aliphatic heterocycles. The van der Waals surface area contributed by atoms with Crippen LogP contribution in [0.15, 0.2) is 12.4 Å². The Bertz CT molecular complexity index is 411. The summed E-state index contributed by atoms with van der Waals surface area (Å²) in [5.74, 6) is 3.00. The molecule has 0 atom stereocenters. The van der Waals surface area contributed by atoms with Gasteiger partial charge in [-0.2, -0.15) is 0 Å². The van der Waals surface area contributed by atoms with Crippen molar-refractivity contribution in [3.8, 4) is 0 Å². The first-order chi connectivity index (χ1) is 9.15. The van der Waals surface area contributed by atoms with Crippen LogP contribution in [0.4, 0.5) is 5.82 Å². The second kappa shape index (κ2) is 6.96. The summed E-state index contributed by atoms with van der Waals surface area (Å²) in [6.07, 6.45) is 3.65. The number of nitrogens with zero attached hydrogens (tertiary/aromatic N) is 3. The third kappa shape index (κ3) is 4.54. The van der Waals surface area contributed by atoms with Crippen LogP contribution >= 0.6 is 0 Å². The number of rotatable bonds is 5. The molecule has 0 saturated carbocycles. The maximum Gasteiger partial charge on any atom is 0.147 e. The summed E-state index contributed by atoms with van der Waals surface area (Å²) in [6, 6.07) is 0. The minimum absolute atomic E-state index is 0.640. The molecule has 1 aliphatic rings. The van der Waals surface area contributed by atoms with Crippen LogP contribution in [0, 0.1) is 5.92 Å². The molecule has 0 amide bonds. The van der Waals surface area contributed by atoms with E-state index < -0.39 is 10.8 Å². The Morgan fingerprint density at radius 1 is 1.32 bits per heavy atom. The molecule has 1 fully saturated rings. The molecule has 106 valence electrons. The molecule has 1 aromatic rings. The van der Waals surface area contributed by atoms with Crippen LogP contribution in [-0.4, -0.2) is 45.3 Å². The summed E-state index contributed by atoms with van der Waals surface area (Å²) in [6.45, 7) is 7.74. The smallest absolute Gasteiger partial charge is 0.147 e. The SMILES string of the molecule is CC(C)CNCc1cnc(N2CCS(=O)CC2)cn1. The van der Waals surface area contributed by atoms with E-state index in [0.717, 1.165) is 49.2 Å². The van der Waals surface area contributed by atoms with Gasteiger partial charge < -0.3 is 10.2 Å². The fourth-order valence-corrected chi connectivity index (χ4v) is 3.01. The van der Waals surface area contributed by atoms with E-state index in [1.165, 1.54) is 0 Å². The van der Waals surface area contributed by atoms with E-state index in [2.05, 4.69) is 34.0 Å². The van der Waals surface area contributed by atoms with E-state index in [4.69, 9.17) is 0 Å². The fourth-order valence-electron chi connectivity index (χ4n) is 1.96. The van der Waals surface area contributed by atoms with Gasteiger partial charge in [-0.05, 0) is 12.5 Å². The summed E-state index contributed by atoms with van der Waals surface area (Å²) in [5.41, 5.74) is 0.963. The Morgan fingerprint density at radius 2 is 2.05 bits per heavy atom. The zero-order chi connectivity index (χ0) is 13.7. The van der Waals surface area contributed by atoms with Crippen LogP contribution in [0.1, 0.15) is 19.5 Å². The van der Waals surface area contributed by atoms with Gasteiger partial charge in [-0.3, -0.25) is 9.19 Å². The van der Waals surface area contributed by atoms with Gasteiger partial charge in [-0.1, -0.05) is 13.8 Å². The Morgan fingerprint density at radius 3 is 2.63 bits per heavy atom. The lowest BCUT2D eigenvalue weighted by atomic mass is 10.2. The fraction of sp³-hybridized carbons (Fsp3) is 0.692. The molecule has 0 aromatic carbocycles. The van der Waals surface area contributed by atoms with Gasteiger partial charge in [0.05, 0.1) is 18.1 Å². The van der Waals surface area contributed by atoms with Crippen molar-refractivity contribution in [1.29, 1.82) is 0 Å². The second-order valence-corrected chi connectivity index (χ2v) is 6.92. The first-order valence-electron chi connectivity index (χ1n) is 6.76. The van der Waals surface area contributed by atoms with Crippen LogP contribution in [0.3, 0.4) is 0 Å². The molecule has 2 heterocycles. The summed E-state index contributed by atoms with van der Waals surface area (Å²) in [4.78, 5) is 11.0. The van der Waals surface area contributed by atoms with Crippen LogP contribution < -0.4 is 10.2 Å². The van der Waals surface area contributed by atoms with Crippen LogP contribution in [0.25, 0.3) is 0 Å². The topological polar surface area (TPSA) is 58.1 Å². The molecular weight excluding hydrogens is 260 g/mol. The highest BCUT2D eigenvalue weighted by Gasteiger charge is 2.16. The van der Waals surface area contributed by atoms with Crippen LogP contribution in [0.5, 0.6) is 0 Å². The quantitative estimate of drug-likeness (QED) is 0.865.